The quantitative estimate of drug-likeness (QED) is 0.578. The zero-order chi connectivity index (χ0) is 12.6. The molecule has 0 aliphatic carbocycles. The van der Waals surface area contributed by atoms with Crippen molar-refractivity contribution in [1.29, 1.82) is 0 Å². The van der Waals surface area contributed by atoms with Gasteiger partial charge in [0.15, 0.2) is 5.58 Å². The van der Waals surface area contributed by atoms with Gasteiger partial charge in [0, 0.05) is 6.07 Å². The molecule has 4 nitrogen and oxygen atoms in total. The summed E-state index contributed by atoms with van der Waals surface area (Å²) in [6, 6.07) is 4.91. The number of carbonyl (C=O) groups excluding carboxylic acids is 1. The number of carbonyl (C=O) groups is 1. The van der Waals surface area contributed by atoms with E-state index in [1.807, 2.05) is 0 Å². The van der Waals surface area contributed by atoms with E-state index >= 15 is 0 Å². The molecule has 0 saturated carbocycles. The van der Waals surface area contributed by atoms with E-state index in [2.05, 4.69) is 0 Å². The molecule has 2 rings (SSSR count). The first-order valence-corrected chi connectivity index (χ1v) is 5.94. The van der Waals surface area contributed by atoms with Crippen LogP contribution in [0.4, 0.5) is 0 Å². The van der Waals surface area contributed by atoms with Crippen LogP contribution in [-0.4, -0.2) is 5.97 Å². The molecule has 1 heterocycles. The maximum Gasteiger partial charge on any atom is 0.396 e. The van der Waals surface area contributed by atoms with Crippen LogP contribution in [-0.2, 0) is 4.79 Å². The van der Waals surface area contributed by atoms with Crippen LogP contribution in [0.5, 0.6) is 5.75 Å². The van der Waals surface area contributed by atoms with Crippen molar-refractivity contribution in [3.63, 3.8) is 0 Å². The van der Waals surface area contributed by atoms with Crippen molar-refractivity contribution in [3.05, 3.63) is 27.9 Å². The van der Waals surface area contributed by atoms with Crippen molar-refractivity contribution in [2.24, 2.45) is 5.41 Å². The summed E-state index contributed by atoms with van der Waals surface area (Å²) in [5, 5.41) is 0. The lowest BCUT2D eigenvalue weighted by Crippen LogP contribution is -2.25. The van der Waals surface area contributed by atoms with E-state index in [0.717, 1.165) is 16.0 Å². The summed E-state index contributed by atoms with van der Waals surface area (Å²) in [4.78, 5) is 22.3. The molecule has 0 spiro atoms. The summed E-state index contributed by atoms with van der Waals surface area (Å²) in [6.07, 6.45) is 0. The highest BCUT2D eigenvalue weighted by atomic mass is 32.1. The largest absolute Gasteiger partial charge is 0.426 e. The molecular formula is C12H12O4S. The topological polar surface area (TPSA) is 56.5 Å². The smallest absolute Gasteiger partial charge is 0.396 e. The molecule has 0 N–H and O–H groups in total. The van der Waals surface area contributed by atoms with Crippen LogP contribution in [0.15, 0.2) is 27.4 Å². The maximum atomic E-state index is 11.7. The van der Waals surface area contributed by atoms with Gasteiger partial charge in [-0.2, -0.15) is 0 Å². The zero-order valence-corrected chi connectivity index (χ0v) is 10.6. The van der Waals surface area contributed by atoms with Crippen molar-refractivity contribution in [1.82, 2.24) is 0 Å². The summed E-state index contributed by atoms with van der Waals surface area (Å²) in [5.74, 6) is 0.0633. The highest BCUT2D eigenvalue weighted by Gasteiger charge is 2.23. The van der Waals surface area contributed by atoms with Gasteiger partial charge in [-0.1, -0.05) is 11.3 Å². The molecule has 0 unspecified atom stereocenters. The lowest BCUT2D eigenvalue weighted by molar-refractivity contribution is -0.142. The lowest BCUT2D eigenvalue weighted by atomic mass is 9.97. The van der Waals surface area contributed by atoms with Crippen LogP contribution in [0.2, 0.25) is 0 Å². The van der Waals surface area contributed by atoms with Gasteiger partial charge in [0.25, 0.3) is 0 Å². The fourth-order valence-electron chi connectivity index (χ4n) is 1.18. The highest BCUT2D eigenvalue weighted by Crippen LogP contribution is 2.25. The van der Waals surface area contributed by atoms with Gasteiger partial charge in [-0.05, 0) is 32.9 Å². The van der Waals surface area contributed by atoms with Crippen molar-refractivity contribution < 1.29 is 13.9 Å². The van der Waals surface area contributed by atoms with Crippen molar-refractivity contribution in [2.45, 2.75) is 20.8 Å². The first-order valence-electron chi connectivity index (χ1n) is 5.12. The minimum Gasteiger partial charge on any atom is -0.426 e. The van der Waals surface area contributed by atoms with Crippen molar-refractivity contribution >= 4 is 27.6 Å². The fraction of sp³-hybridized carbons (Fsp3) is 0.333. The fourth-order valence-corrected chi connectivity index (χ4v) is 1.82. The van der Waals surface area contributed by atoms with Crippen LogP contribution >= 0.6 is 11.3 Å². The first-order chi connectivity index (χ1) is 7.86. The number of fused-ring (bicyclic) bond motifs is 1. The van der Waals surface area contributed by atoms with Crippen molar-refractivity contribution in [3.8, 4) is 5.75 Å². The van der Waals surface area contributed by atoms with Crippen LogP contribution in [0, 0.1) is 5.41 Å². The predicted molar refractivity (Wildman–Crippen MR) is 65.5 cm³/mol. The van der Waals surface area contributed by atoms with Gasteiger partial charge >= 0.3 is 10.9 Å². The molecule has 90 valence electrons. The van der Waals surface area contributed by atoms with Crippen LogP contribution in [0.3, 0.4) is 0 Å². The van der Waals surface area contributed by atoms with E-state index in [9.17, 15) is 9.59 Å². The van der Waals surface area contributed by atoms with Gasteiger partial charge < -0.3 is 9.15 Å². The lowest BCUT2D eigenvalue weighted by Gasteiger charge is -2.15. The second-order valence-electron chi connectivity index (χ2n) is 4.70. The highest BCUT2D eigenvalue weighted by molar-refractivity contribution is 7.16. The first kappa shape index (κ1) is 11.9. The maximum absolute atomic E-state index is 11.7. The normalized spacial score (nSPS) is 11.7. The third kappa shape index (κ3) is 2.55. The minimum absolute atomic E-state index is 0.325. The van der Waals surface area contributed by atoms with E-state index < -0.39 is 5.41 Å². The summed E-state index contributed by atoms with van der Waals surface area (Å²) < 4.78 is 10.9. The van der Waals surface area contributed by atoms with Crippen molar-refractivity contribution in [2.75, 3.05) is 0 Å². The van der Waals surface area contributed by atoms with Gasteiger partial charge in [-0.15, -0.1) is 0 Å². The summed E-state index contributed by atoms with van der Waals surface area (Å²) in [6.45, 7) is 5.33. The number of rotatable bonds is 1. The molecule has 0 bridgehead atoms. The number of hydrogen-bond donors (Lipinski definition) is 0. The summed E-state index contributed by atoms with van der Waals surface area (Å²) in [7, 11) is 0. The molecule has 0 aliphatic heterocycles. The average Bonchev–Trinajstić information content (AvgIpc) is 2.55. The third-order valence-corrected chi connectivity index (χ3v) is 2.93. The molecule has 5 heteroatoms. The molecular weight excluding hydrogens is 240 g/mol. The van der Waals surface area contributed by atoms with Gasteiger partial charge in [0.2, 0.25) is 0 Å². The van der Waals surface area contributed by atoms with Gasteiger partial charge in [0.05, 0.1) is 10.1 Å². The molecule has 1 aromatic carbocycles. The Bertz CT molecular complexity index is 615. The molecule has 2 aromatic rings. The summed E-state index contributed by atoms with van der Waals surface area (Å²) in [5.41, 5.74) is -0.121. The zero-order valence-electron chi connectivity index (χ0n) is 9.77. The Morgan fingerprint density at radius 1 is 1.35 bits per heavy atom. The Balaban J connectivity index is 2.31. The Kier molecular flexibility index (Phi) is 2.79. The number of hydrogen-bond acceptors (Lipinski definition) is 5. The Labute approximate surface area is 102 Å². The second kappa shape index (κ2) is 4.00. The number of ether oxygens (including phenoxy) is 1. The number of benzene rings is 1. The van der Waals surface area contributed by atoms with E-state index in [1.165, 1.54) is 0 Å². The van der Waals surface area contributed by atoms with E-state index in [0.29, 0.717) is 11.3 Å². The monoisotopic (exact) mass is 252 g/mol. The second-order valence-corrected chi connectivity index (χ2v) is 5.68. The average molecular weight is 252 g/mol. The molecule has 0 saturated heterocycles. The van der Waals surface area contributed by atoms with Gasteiger partial charge in [-0.3, -0.25) is 4.79 Å². The SMILES string of the molecule is CC(C)(C)C(=O)Oc1ccc2sc(=O)oc2c1. The molecule has 0 atom stereocenters. The van der Waals surface area contributed by atoms with Crippen LogP contribution < -0.4 is 9.68 Å². The molecule has 0 fully saturated rings. The molecule has 0 radical (unpaired) electrons. The molecule has 0 amide bonds. The third-order valence-electron chi connectivity index (χ3n) is 2.12. The van der Waals surface area contributed by atoms with Crippen LogP contribution in [0.1, 0.15) is 20.8 Å². The standard InChI is InChI=1S/C12H12O4S/c1-12(2,3)10(13)15-7-4-5-9-8(6-7)16-11(14)17-9/h4-6H,1-3H3. The Morgan fingerprint density at radius 3 is 2.71 bits per heavy atom. The Hall–Kier alpha value is -1.62. The Morgan fingerprint density at radius 2 is 2.06 bits per heavy atom. The van der Waals surface area contributed by atoms with Gasteiger partial charge in [0.1, 0.15) is 5.75 Å². The number of esters is 1. The predicted octanol–water partition coefficient (Wildman–Crippen LogP) is 2.81. The van der Waals surface area contributed by atoms with E-state index in [-0.39, 0.29) is 10.9 Å². The van der Waals surface area contributed by atoms with Crippen LogP contribution in [0.25, 0.3) is 10.3 Å². The van der Waals surface area contributed by atoms with E-state index in [1.54, 1.807) is 39.0 Å². The van der Waals surface area contributed by atoms with Gasteiger partial charge in [-0.25, -0.2) is 4.79 Å². The molecule has 0 aliphatic rings. The minimum atomic E-state index is -0.565. The molecule has 1 aromatic heterocycles. The summed E-state index contributed by atoms with van der Waals surface area (Å²) >= 11 is 1.02. The van der Waals surface area contributed by atoms with E-state index in [4.69, 9.17) is 9.15 Å². The molecule has 17 heavy (non-hydrogen) atoms.